The van der Waals surface area contributed by atoms with Crippen LogP contribution in [0.15, 0.2) is 47.1 Å². The van der Waals surface area contributed by atoms with E-state index in [9.17, 15) is 8.78 Å². The lowest BCUT2D eigenvalue weighted by atomic mass is 10.1. The van der Waals surface area contributed by atoms with E-state index in [1.165, 1.54) is 0 Å². The summed E-state index contributed by atoms with van der Waals surface area (Å²) in [5, 5.41) is -0.784. The molecule has 1 heterocycles. The molecule has 0 spiro atoms. The van der Waals surface area contributed by atoms with Gasteiger partial charge in [0.2, 0.25) is 5.90 Å². The molecule has 0 fully saturated rings. The van der Waals surface area contributed by atoms with Gasteiger partial charge < -0.3 is 10.1 Å². The summed E-state index contributed by atoms with van der Waals surface area (Å²) in [5.41, 5.74) is 0.463. The summed E-state index contributed by atoms with van der Waals surface area (Å²) in [6, 6.07) is 8.95. The molecule has 108 valence electrons. The highest BCUT2D eigenvalue weighted by Crippen LogP contribution is 2.29. The van der Waals surface area contributed by atoms with Crippen molar-refractivity contribution in [3.05, 3.63) is 47.7 Å². The highest BCUT2D eigenvalue weighted by Gasteiger charge is 2.33. The zero-order chi connectivity index (χ0) is 14.6. The Labute approximate surface area is 121 Å². The van der Waals surface area contributed by atoms with Gasteiger partial charge in [0, 0.05) is 12.1 Å². The predicted molar refractivity (Wildman–Crippen MR) is 75.1 cm³/mol. The summed E-state index contributed by atoms with van der Waals surface area (Å²) in [5.74, 6) is 0.174. The van der Waals surface area contributed by atoms with E-state index in [2.05, 4.69) is 10.3 Å². The molecule has 0 bridgehead atoms. The van der Waals surface area contributed by atoms with E-state index in [4.69, 9.17) is 16.3 Å². The van der Waals surface area contributed by atoms with Crippen LogP contribution in [0.25, 0.3) is 0 Å². The van der Waals surface area contributed by atoms with Gasteiger partial charge in [-0.1, -0.05) is 30.3 Å². The van der Waals surface area contributed by atoms with Crippen LogP contribution >= 0.6 is 11.6 Å². The van der Waals surface area contributed by atoms with E-state index in [1.807, 2.05) is 30.3 Å². The van der Waals surface area contributed by atoms with Crippen LogP contribution in [0.5, 0.6) is 0 Å². The molecule has 20 heavy (non-hydrogen) atoms. The number of benzene rings is 1. The van der Waals surface area contributed by atoms with Crippen LogP contribution in [0.1, 0.15) is 18.5 Å². The Bertz CT molecular complexity index is 512. The summed E-state index contributed by atoms with van der Waals surface area (Å²) < 4.78 is 32.0. The quantitative estimate of drug-likeness (QED) is 0.845. The average molecular weight is 301 g/mol. The number of nitrogens with zero attached hydrogens (tertiary/aromatic N) is 1. The summed E-state index contributed by atoms with van der Waals surface area (Å²) in [6.45, 7) is 2.66. The third-order valence-corrected chi connectivity index (χ3v) is 3.06. The summed E-state index contributed by atoms with van der Waals surface area (Å²) in [6.07, 6.45) is 1.15. The van der Waals surface area contributed by atoms with Crippen LogP contribution in [0, 0.1) is 0 Å². The summed E-state index contributed by atoms with van der Waals surface area (Å²) in [4.78, 5) is 3.96. The number of hydrogen-bond donors (Lipinski definition) is 1. The SMILES string of the molecule is C[C@H](N/C(=C\C1=NCCO1)C(F)(F)Cl)c1ccccc1. The molecule has 0 saturated heterocycles. The Kier molecular flexibility index (Phi) is 4.60. The summed E-state index contributed by atoms with van der Waals surface area (Å²) in [7, 11) is 0. The molecule has 0 aromatic heterocycles. The van der Waals surface area contributed by atoms with Gasteiger partial charge in [0.25, 0.3) is 0 Å². The van der Waals surface area contributed by atoms with Gasteiger partial charge >= 0.3 is 5.38 Å². The van der Waals surface area contributed by atoms with Crippen LogP contribution in [0.2, 0.25) is 0 Å². The topological polar surface area (TPSA) is 33.6 Å². The van der Waals surface area contributed by atoms with Crippen molar-refractivity contribution < 1.29 is 13.5 Å². The molecule has 0 amide bonds. The lowest BCUT2D eigenvalue weighted by Gasteiger charge is -2.21. The third-order valence-electron chi connectivity index (χ3n) is 2.85. The van der Waals surface area contributed by atoms with E-state index < -0.39 is 11.1 Å². The van der Waals surface area contributed by atoms with Crippen molar-refractivity contribution in [2.45, 2.75) is 18.3 Å². The number of nitrogens with one attached hydrogen (secondary N) is 1. The maximum atomic E-state index is 13.4. The van der Waals surface area contributed by atoms with Crippen molar-refractivity contribution in [1.29, 1.82) is 0 Å². The van der Waals surface area contributed by atoms with Crippen molar-refractivity contribution >= 4 is 17.5 Å². The van der Waals surface area contributed by atoms with Crippen LogP contribution in [-0.2, 0) is 4.74 Å². The van der Waals surface area contributed by atoms with Gasteiger partial charge in [0.1, 0.15) is 12.3 Å². The molecule has 0 radical (unpaired) electrons. The van der Waals surface area contributed by atoms with E-state index in [0.717, 1.165) is 11.6 Å². The van der Waals surface area contributed by atoms with Crippen molar-refractivity contribution in [3.8, 4) is 0 Å². The molecule has 1 aromatic carbocycles. The molecule has 2 rings (SSSR count). The third kappa shape index (κ3) is 3.93. The molecule has 3 nitrogen and oxygen atoms in total. The maximum absolute atomic E-state index is 13.4. The van der Waals surface area contributed by atoms with Gasteiger partial charge in [-0.05, 0) is 24.1 Å². The first-order valence-corrected chi connectivity index (χ1v) is 6.62. The first-order valence-electron chi connectivity index (χ1n) is 6.24. The van der Waals surface area contributed by atoms with Gasteiger partial charge in [0.05, 0.1) is 6.54 Å². The first-order chi connectivity index (χ1) is 9.47. The molecule has 0 saturated carbocycles. The minimum atomic E-state index is -3.50. The first kappa shape index (κ1) is 14.8. The van der Waals surface area contributed by atoms with E-state index in [-0.39, 0.29) is 11.9 Å². The average Bonchev–Trinajstić information content (AvgIpc) is 2.91. The van der Waals surface area contributed by atoms with Crippen LogP contribution < -0.4 is 5.32 Å². The van der Waals surface area contributed by atoms with Crippen molar-refractivity contribution in [2.24, 2.45) is 4.99 Å². The number of aliphatic imine (C=N–C) groups is 1. The second-order valence-electron chi connectivity index (χ2n) is 4.40. The van der Waals surface area contributed by atoms with Crippen molar-refractivity contribution in [3.63, 3.8) is 0 Å². The fraction of sp³-hybridized carbons (Fsp3) is 0.357. The lowest BCUT2D eigenvalue weighted by molar-refractivity contribution is 0.127. The highest BCUT2D eigenvalue weighted by atomic mass is 35.5. The monoisotopic (exact) mass is 300 g/mol. The number of halogens is 3. The van der Waals surface area contributed by atoms with Crippen LogP contribution in [0.3, 0.4) is 0 Å². The van der Waals surface area contributed by atoms with Crippen molar-refractivity contribution in [2.75, 3.05) is 13.2 Å². The number of hydrogen-bond acceptors (Lipinski definition) is 3. The highest BCUT2D eigenvalue weighted by molar-refractivity contribution is 6.23. The van der Waals surface area contributed by atoms with Gasteiger partial charge in [-0.2, -0.15) is 8.78 Å². The molecule has 1 aliphatic heterocycles. The fourth-order valence-corrected chi connectivity index (χ4v) is 1.94. The maximum Gasteiger partial charge on any atom is 0.362 e. The molecule has 1 atom stereocenters. The minimum absolute atomic E-state index is 0.174. The van der Waals surface area contributed by atoms with Gasteiger partial charge in [0.15, 0.2) is 0 Å². The smallest absolute Gasteiger partial charge is 0.362 e. The molecule has 1 N–H and O–H groups in total. The second kappa shape index (κ2) is 6.22. The van der Waals surface area contributed by atoms with E-state index in [1.54, 1.807) is 6.92 Å². The number of alkyl halides is 3. The molecule has 1 aliphatic rings. The van der Waals surface area contributed by atoms with E-state index in [0.29, 0.717) is 13.2 Å². The normalized spacial score (nSPS) is 17.4. The molecule has 1 aromatic rings. The lowest BCUT2D eigenvalue weighted by Crippen LogP contribution is -2.28. The van der Waals surface area contributed by atoms with E-state index >= 15 is 0 Å². The minimum Gasteiger partial charge on any atom is -0.476 e. The zero-order valence-corrected chi connectivity index (χ0v) is 11.7. The molecule has 6 heteroatoms. The Morgan fingerprint density at radius 2 is 2.15 bits per heavy atom. The fourth-order valence-electron chi connectivity index (χ4n) is 1.83. The van der Waals surface area contributed by atoms with Gasteiger partial charge in [-0.3, -0.25) is 0 Å². The molecule has 0 unspecified atom stereocenters. The number of rotatable bonds is 5. The zero-order valence-electron chi connectivity index (χ0n) is 10.9. The Morgan fingerprint density at radius 3 is 2.70 bits per heavy atom. The Hall–Kier alpha value is -1.62. The Balaban J connectivity index is 2.16. The number of ether oxygens (including phenoxy) is 1. The number of allylic oxidation sites excluding steroid dienone is 1. The van der Waals surface area contributed by atoms with Crippen LogP contribution in [0.4, 0.5) is 8.78 Å². The molecular formula is C14H15ClF2N2O. The Morgan fingerprint density at radius 1 is 1.45 bits per heavy atom. The predicted octanol–water partition coefficient (Wildman–Crippen LogP) is 3.48. The van der Waals surface area contributed by atoms with Crippen LogP contribution in [-0.4, -0.2) is 24.4 Å². The summed E-state index contributed by atoms with van der Waals surface area (Å²) >= 11 is 5.13. The van der Waals surface area contributed by atoms with Gasteiger partial charge in [-0.15, -0.1) is 0 Å². The van der Waals surface area contributed by atoms with Gasteiger partial charge in [-0.25, -0.2) is 4.99 Å². The second-order valence-corrected chi connectivity index (χ2v) is 4.88. The molecular weight excluding hydrogens is 286 g/mol. The standard InChI is InChI=1S/C14H15ClF2N2O/c1-10(11-5-3-2-4-6-11)19-12(14(15,16)17)9-13-18-7-8-20-13/h2-6,9-10,19H,7-8H2,1H3/b12-9-/t10-/m0/s1. The molecule has 0 aliphatic carbocycles. The van der Waals surface area contributed by atoms with Crippen molar-refractivity contribution in [1.82, 2.24) is 5.32 Å². The largest absolute Gasteiger partial charge is 0.476 e.